The molecule has 0 spiro atoms. The van der Waals surface area contributed by atoms with Gasteiger partial charge in [0.2, 0.25) is 5.91 Å². The highest BCUT2D eigenvalue weighted by Gasteiger charge is 1.99. The third kappa shape index (κ3) is 6.44. The number of nitrogens with zero attached hydrogens (tertiary/aromatic N) is 1. The molecule has 0 aliphatic heterocycles. The van der Waals surface area contributed by atoms with E-state index in [0.717, 1.165) is 28.9 Å². The second-order valence-corrected chi connectivity index (χ2v) is 6.08. The van der Waals surface area contributed by atoms with Crippen LogP contribution in [0.5, 0.6) is 5.75 Å². The standard InChI is InChI=1S/C23H22N2O2/c26-23(13-10-20-7-4-15-24-17-20)25-16-14-19-8-11-22(12-9-19)27-18-21-5-2-1-3-6-21/h1-13,15,17H,14,16,18H2,(H,25,26). The number of aromatic nitrogens is 1. The van der Waals surface area contributed by atoms with Gasteiger partial charge in [0, 0.05) is 25.0 Å². The van der Waals surface area contributed by atoms with Gasteiger partial charge in [-0.15, -0.1) is 0 Å². The summed E-state index contributed by atoms with van der Waals surface area (Å²) in [4.78, 5) is 15.9. The molecule has 27 heavy (non-hydrogen) atoms. The van der Waals surface area contributed by atoms with Crippen molar-refractivity contribution in [2.75, 3.05) is 6.54 Å². The van der Waals surface area contributed by atoms with Crippen molar-refractivity contribution in [2.24, 2.45) is 0 Å². The predicted octanol–water partition coefficient (Wildman–Crippen LogP) is 4.03. The van der Waals surface area contributed by atoms with Crippen LogP contribution < -0.4 is 10.1 Å². The molecule has 0 fully saturated rings. The van der Waals surface area contributed by atoms with E-state index in [1.807, 2.05) is 66.7 Å². The molecule has 4 heteroatoms. The van der Waals surface area contributed by atoms with Gasteiger partial charge in [0.05, 0.1) is 0 Å². The Morgan fingerprint density at radius 1 is 0.963 bits per heavy atom. The maximum atomic E-state index is 11.8. The molecule has 1 heterocycles. The SMILES string of the molecule is O=C(C=Cc1cccnc1)NCCc1ccc(OCc2ccccc2)cc1. The lowest BCUT2D eigenvalue weighted by atomic mass is 10.1. The zero-order valence-corrected chi connectivity index (χ0v) is 15.0. The Kier molecular flexibility index (Phi) is 6.76. The zero-order chi connectivity index (χ0) is 18.7. The van der Waals surface area contributed by atoms with Crippen LogP contribution in [-0.4, -0.2) is 17.4 Å². The summed E-state index contributed by atoms with van der Waals surface area (Å²) in [6.45, 7) is 1.14. The average Bonchev–Trinajstić information content (AvgIpc) is 2.73. The van der Waals surface area contributed by atoms with Gasteiger partial charge in [-0.05, 0) is 47.4 Å². The fraction of sp³-hybridized carbons (Fsp3) is 0.130. The molecule has 0 atom stereocenters. The molecule has 3 rings (SSSR count). The molecule has 0 aliphatic rings. The van der Waals surface area contributed by atoms with E-state index >= 15 is 0 Å². The van der Waals surface area contributed by atoms with Crippen molar-refractivity contribution < 1.29 is 9.53 Å². The van der Waals surface area contributed by atoms with Crippen LogP contribution in [0.3, 0.4) is 0 Å². The second-order valence-electron chi connectivity index (χ2n) is 6.08. The molecule has 0 bridgehead atoms. The molecule has 0 radical (unpaired) electrons. The Labute approximate surface area is 159 Å². The van der Waals surface area contributed by atoms with E-state index in [-0.39, 0.29) is 5.91 Å². The molecule has 1 aromatic heterocycles. The van der Waals surface area contributed by atoms with Crippen molar-refractivity contribution in [2.45, 2.75) is 13.0 Å². The summed E-state index contributed by atoms with van der Waals surface area (Å²) in [5.74, 6) is 0.729. The second kappa shape index (κ2) is 9.92. The number of nitrogens with one attached hydrogen (secondary N) is 1. The van der Waals surface area contributed by atoms with E-state index in [9.17, 15) is 4.79 Å². The molecular weight excluding hydrogens is 336 g/mol. The summed E-state index contributed by atoms with van der Waals surface area (Å²) in [5, 5.41) is 2.89. The fourth-order valence-electron chi connectivity index (χ4n) is 2.53. The minimum absolute atomic E-state index is 0.110. The number of pyridine rings is 1. The average molecular weight is 358 g/mol. The number of rotatable bonds is 8. The Morgan fingerprint density at radius 3 is 2.52 bits per heavy atom. The Balaban J connectivity index is 1.39. The van der Waals surface area contributed by atoms with E-state index < -0.39 is 0 Å². The first-order valence-corrected chi connectivity index (χ1v) is 8.91. The van der Waals surface area contributed by atoms with E-state index in [2.05, 4.69) is 10.3 Å². The van der Waals surface area contributed by atoms with Crippen LogP contribution in [0.15, 0.2) is 85.2 Å². The molecule has 4 nitrogen and oxygen atoms in total. The maximum Gasteiger partial charge on any atom is 0.244 e. The summed E-state index contributed by atoms with van der Waals surface area (Å²) >= 11 is 0. The molecule has 2 aromatic carbocycles. The van der Waals surface area contributed by atoms with E-state index in [1.165, 1.54) is 6.08 Å². The topological polar surface area (TPSA) is 51.2 Å². The van der Waals surface area contributed by atoms with Gasteiger partial charge >= 0.3 is 0 Å². The number of hydrogen-bond acceptors (Lipinski definition) is 3. The van der Waals surface area contributed by atoms with Gasteiger partial charge in [0.15, 0.2) is 0 Å². The minimum atomic E-state index is -0.110. The summed E-state index contributed by atoms with van der Waals surface area (Å²) in [6.07, 6.45) is 7.46. The molecule has 0 unspecified atom stereocenters. The van der Waals surface area contributed by atoms with Crippen molar-refractivity contribution in [3.8, 4) is 5.75 Å². The monoisotopic (exact) mass is 358 g/mol. The molecule has 0 aliphatic carbocycles. The lowest BCUT2D eigenvalue weighted by Gasteiger charge is -2.08. The lowest BCUT2D eigenvalue weighted by Crippen LogP contribution is -2.23. The Morgan fingerprint density at radius 2 is 1.78 bits per heavy atom. The lowest BCUT2D eigenvalue weighted by molar-refractivity contribution is -0.116. The highest BCUT2D eigenvalue weighted by atomic mass is 16.5. The summed E-state index contributed by atoms with van der Waals surface area (Å²) in [7, 11) is 0. The van der Waals surface area contributed by atoms with Gasteiger partial charge in [0.1, 0.15) is 12.4 Å². The van der Waals surface area contributed by atoms with Crippen molar-refractivity contribution >= 4 is 12.0 Å². The van der Waals surface area contributed by atoms with Crippen LogP contribution >= 0.6 is 0 Å². The van der Waals surface area contributed by atoms with Crippen LogP contribution in [0.25, 0.3) is 6.08 Å². The molecule has 3 aromatic rings. The zero-order valence-electron chi connectivity index (χ0n) is 15.0. The number of carbonyl (C=O) groups excluding carboxylic acids is 1. The van der Waals surface area contributed by atoms with E-state index in [1.54, 1.807) is 18.5 Å². The number of benzene rings is 2. The van der Waals surface area contributed by atoms with E-state index in [0.29, 0.717) is 13.2 Å². The van der Waals surface area contributed by atoms with Crippen molar-refractivity contribution in [1.29, 1.82) is 0 Å². The third-order valence-corrected chi connectivity index (χ3v) is 4.00. The van der Waals surface area contributed by atoms with Crippen LogP contribution in [0.4, 0.5) is 0 Å². The highest BCUT2D eigenvalue weighted by Crippen LogP contribution is 2.14. The van der Waals surface area contributed by atoms with Crippen LogP contribution in [0, 0.1) is 0 Å². The largest absolute Gasteiger partial charge is 0.489 e. The molecule has 0 saturated heterocycles. The first-order valence-electron chi connectivity index (χ1n) is 8.91. The van der Waals surface area contributed by atoms with Gasteiger partial charge < -0.3 is 10.1 Å². The van der Waals surface area contributed by atoms with Crippen LogP contribution in [-0.2, 0) is 17.8 Å². The quantitative estimate of drug-likeness (QED) is 0.619. The Bertz CT molecular complexity index is 860. The fourth-order valence-corrected chi connectivity index (χ4v) is 2.53. The van der Waals surface area contributed by atoms with Crippen molar-refractivity contribution in [3.63, 3.8) is 0 Å². The molecule has 1 N–H and O–H groups in total. The van der Waals surface area contributed by atoms with E-state index in [4.69, 9.17) is 4.74 Å². The number of ether oxygens (including phenoxy) is 1. The first-order chi connectivity index (χ1) is 13.3. The summed E-state index contributed by atoms with van der Waals surface area (Å²) in [6, 6.07) is 21.8. The number of hydrogen-bond donors (Lipinski definition) is 1. The van der Waals surface area contributed by atoms with Gasteiger partial charge in [-0.2, -0.15) is 0 Å². The van der Waals surface area contributed by atoms with Crippen molar-refractivity contribution in [1.82, 2.24) is 10.3 Å². The maximum absolute atomic E-state index is 11.8. The van der Waals surface area contributed by atoms with Gasteiger partial charge in [-0.1, -0.05) is 48.5 Å². The molecular formula is C23H22N2O2. The molecule has 136 valence electrons. The summed E-state index contributed by atoms with van der Waals surface area (Å²) in [5.41, 5.74) is 3.20. The Hall–Kier alpha value is -3.40. The van der Waals surface area contributed by atoms with Crippen molar-refractivity contribution in [3.05, 3.63) is 102 Å². The minimum Gasteiger partial charge on any atom is -0.489 e. The van der Waals surface area contributed by atoms with Gasteiger partial charge in [0.25, 0.3) is 0 Å². The first kappa shape index (κ1) is 18.4. The highest BCUT2D eigenvalue weighted by molar-refractivity contribution is 5.91. The molecule has 1 amide bonds. The van der Waals surface area contributed by atoms with Crippen LogP contribution in [0.1, 0.15) is 16.7 Å². The number of amides is 1. The third-order valence-electron chi connectivity index (χ3n) is 4.00. The van der Waals surface area contributed by atoms with Gasteiger partial charge in [-0.25, -0.2) is 0 Å². The van der Waals surface area contributed by atoms with Gasteiger partial charge in [-0.3, -0.25) is 9.78 Å². The normalized spacial score (nSPS) is 10.7. The van der Waals surface area contributed by atoms with Crippen LogP contribution in [0.2, 0.25) is 0 Å². The summed E-state index contributed by atoms with van der Waals surface area (Å²) < 4.78 is 5.78. The number of carbonyl (C=O) groups is 1. The molecule has 0 saturated carbocycles. The smallest absolute Gasteiger partial charge is 0.244 e. The predicted molar refractivity (Wildman–Crippen MR) is 107 cm³/mol.